The number of rotatable bonds is 3. The summed E-state index contributed by atoms with van der Waals surface area (Å²) in [6.45, 7) is 0. The van der Waals surface area contributed by atoms with Gasteiger partial charge in [0.05, 0.1) is 6.26 Å². The predicted molar refractivity (Wildman–Crippen MR) is 80.5 cm³/mol. The van der Waals surface area contributed by atoms with Crippen LogP contribution >= 0.6 is 0 Å². The first-order valence-corrected chi connectivity index (χ1v) is 6.77. The summed E-state index contributed by atoms with van der Waals surface area (Å²) in [5.74, 6) is 0.540. The molecular formula is C14H11N7O2. The molecule has 0 radical (unpaired) electrons. The highest BCUT2D eigenvalue weighted by Crippen LogP contribution is 2.20. The van der Waals surface area contributed by atoms with Gasteiger partial charge in [0.1, 0.15) is 5.69 Å². The summed E-state index contributed by atoms with van der Waals surface area (Å²) in [5, 5.41) is 13.7. The number of carbonyl (C=O) groups excluding carboxylic acids is 1. The standard InChI is InChI=1S/C14H11N7O2/c1-21-13-11(15-4-5-16-13)12(20-21)17-14(22)9-7-8(18-19-9)10-3-2-6-23-10/h2-7H,1H3,(H,18,19)(H,17,20,22). The molecule has 0 unspecified atom stereocenters. The fourth-order valence-corrected chi connectivity index (χ4v) is 2.23. The zero-order chi connectivity index (χ0) is 15.8. The van der Waals surface area contributed by atoms with E-state index in [4.69, 9.17) is 4.42 Å². The molecular weight excluding hydrogens is 298 g/mol. The minimum Gasteiger partial charge on any atom is -0.463 e. The van der Waals surface area contributed by atoms with Gasteiger partial charge in [0.2, 0.25) is 0 Å². The van der Waals surface area contributed by atoms with Crippen molar-refractivity contribution in [3.05, 3.63) is 42.5 Å². The molecule has 0 aliphatic carbocycles. The van der Waals surface area contributed by atoms with Crippen molar-refractivity contribution in [2.24, 2.45) is 7.05 Å². The number of hydrogen-bond acceptors (Lipinski definition) is 6. The summed E-state index contributed by atoms with van der Waals surface area (Å²) in [5.41, 5.74) is 1.94. The van der Waals surface area contributed by atoms with Crippen LogP contribution in [0.5, 0.6) is 0 Å². The second-order valence-electron chi connectivity index (χ2n) is 4.80. The van der Waals surface area contributed by atoms with Gasteiger partial charge in [-0.15, -0.1) is 0 Å². The average Bonchev–Trinajstić information content (AvgIpc) is 3.28. The third-order valence-corrected chi connectivity index (χ3v) is 3.29. The highest BCUT2D eigenvalue weighted by atomic mass is 16.3. The van der Waals surface area contributed by atoms with Crippen molar-refractivity contribution in [2.75, 3.05) is 5.32 Å². The van der Waals surface area contributed by atoms with Gasteiger partial charge in [-0.05, 0) is 12.1 Å². The predicted octanol–water partition coefficient (Wildman–Crippen LogP) is 1.60. The van der Waals surface area contributed by atoms with Gasteiger partial charge in [-0.25, -0.2) is 14.6 Å². The molecule has 114 valence electrons. The van der Waals surface area contributed by atoms with Gasteiger partial charge in [0.15, 0.2) is 28.4 Å². The molecule has 4 aromatic rings. The van der Waals surface area contributed by atoms with Crippen molar-refractivity contribution in [1.29, 1.82) is 0 Å². The lowest BCUT2D eigenvalue weighted by Gasteiger charge is -1.97. The number of amides is 1. The molecule has 9 nitrogen and oxygen atoms in total. The molecule has 0 atom stereocenters. The number of anilines is 1. The van der Waals surface area contributed by atoms with Crippen LogP contribution in [0, 0.1) is 0 Å². The Morgan fingerprint density at radius 1 is 1.35 bits per heavy atom. The van der Waals surface area contributed by atoms with Gasteiger partial charge in [0.25, 0.3) is 5.91 Å². The zero-order valence-electron chi connectivity index (χ0n) is 12.0. The molecule has 4 heterocycles. The number of aryl methyl sites for hydroxylation is 1. The molecule has 2 N–H and O–H groups in total. The number of furan rings is 1. The van der Waals surface area contributed by atoms with Crippen molar-refractivity contribution >= 4 is 22.9 Å². The second-order valence-corrected chi connectivity index (χ2v) is 4.80. The van der Waals surface area contributed by atoms with Crippen LogP contribution in [0.25, 0.3) is 22.6 Å². The molecule has 23 heavy (non-hydrogen) atoms. The Morgan fingerprint density at radius 2 is 2.22 bits per heavy atom. The minimum absolute atomic E-state index is 0.221. The van der Waals surface area contributed by atoms with Crippen LogP contribution in [0.1, 0.15) is 10.5 Å². The Bertz CT molecular complexity index is 984. The first-order valence-electron chi connectivity index (χ1n) is 6.77. The number of nitrogens with one attached hydrogen (secondary N) is 2. The monoisotopic (exact) mass is 309 g/mol. The van der Waals surface area contributed by atoms with Crippen molar-refractivity contribution < 1.29 is 9.21 Å². The van der Waals surface area contributed by atoms with Crippen LogP contribution in [0.4, 0.5) is 5.82 Å². The van der Waals surface area contributed by atoms with E-state index in [1.807, 2.05) is 0 Å². The highest BCUT2D eigenvalue weighted by Gasteiger charge is 2.17. The molecule has 0 fully saturated rings. The lowest BCUT2D eigenvalue weighted by Crippen LogP contribution is -2.13. The number of nitrogens with zero attached hydrogens (tertiary/aromatic N) is 5. The van der Waals surface area contributed by atoms with Gasteiger partial charge >= 0.3 is 0 Å². The number of aromatic amines is 1. The fraction of sp³-hybridized carbons (Fsp3) is 0.0714. The van der Waals surface area contributed by atoms with Gasteiger partial charge < -0.3 is 9.73 Å². The summed E-state index contributed by atoms with van der Waals surface area (Å²) in [7, 11) is 1.73. The van der Waals surface area contributed by atoms with E-state index in [1.54, 1.807) is 48.6 Å². The van der Waals surface area contributed by atoms with Gasteiger partial charge in [0, 0.05) is 25.5 Å². The topological polar surface area (TPSA) is 115 Å². The van der Waals surface area contributed by atoms with E-state index in [-0.39, 0.29) is 5.69 Å². The SMILES string of the molecule is Cn1nc(NC(=O)c2cc(-c3ccco3)[nH]n2)c2nccnc21. The van der Waals surface area contributed by atoms with E-state index in [1.165, 1.54) is 0 Å². The Morgan fingerprint density at radius 3 is 3.04 bits per heavy atom. The number of fused-ring (bicyclic) bond motifs is 1. The third-order valence-electron chi connectivity index (χ3n) is 3.29. The highest BCUT2D eigenvalue weighted by molar-refractivity contribution is 6.06. The average molecular weight is 309 g/mol. The Balaban J connectivity index is 1.62. The molecule has 0 saturated carbocycles. The molecule has 9 heteroatoms. The molecule has 1 amide bonds. The lowest BCUT2D eigenvalue weighted by atomic mass is 10.3. The van der Waals surface area contributed by atoms with Crippen LogP contribution in [-0.4, -0.2) is 35.9 Å². The van der Waals surface area contributed by atoms with E-state index in [9.17, 15) is 4.79 Å². The summed E-state index contributed by atoms with van der Waals surface area (Å²) in [4.78, 5) is 20.7. The molecule has 4 rings (SSSR count). The normalized spacial score (nSPS) is 11.0. The molecule has 0 aromatic carbocycles. The van der Waals surface area contributed by atoms with Crippen LogP contribution < -0.4 is 5.32 Å². The lowest BCUT2D eigenvalue weighted by molar-refractivity contribution is 0.102. The number of H-pyrrole nitrogens is 1. The number of aromatic nitrogens is 6. The first-order chi connectivity index (χ1) is 11.2. The van der Waals surface area contributed by atoms with Crippen molar-refractivity contribution in [3.63, 3.8) is 0 Å². The Hall–Kier alpha value is -3.49. The molecule has 0 spiro atoms. The quantitative estimate of drug-likeness (QED) is 0.594. The number of hydrogen-bond donors (Lipinski definition) is 2. The zero-order valence-corrected chi connectivity index (χ0v) is 12.0. The summed E-state index contributed by atoms with van der Waals surface area (Å²) in [6.07, 6.45) is 4.66. The molecule has 0 bridgehead atoms. The maximum absolute atomic E-state index is 12.3. The number of carbonyl (C=O) groups is 1. The second kappa shape index (κ2) is 5.05. The molecule has 0 aliphatic rings. The van der Waals surface area contributed by atoms with Crippen molar-refractivity contribution in [3.8, 4) is 11.5 Å². The van der Waals surface area contributed by atoms with Crippen molar-refractivity contribution in [2.45, 2.75) is 0 Å². The van der Waals surface area contributed by atoms with E-state index in [2.05, 4.69) is 30.6 Å². The first kappa shape index (κ1) is 13.2. The van der Waals surface area contributed by atoms with Crippen LogP contribution in [0.2, 0.25) is 0 Å². The molecule has 0 aliphatic heterocycles. The van der Waals surface area contributed by atoms with Gasteiger partial charge in [-0.3, -0.25) is 9.89 Å². The van der Waals surface area contributed by atoms with Crippen LogP contribution in [-0.2, 0) is 7.05 Å². The van der Waals surface area contributed by atoms with Crippen LogP contribution in [0.15, 0.2) is 41.3 Å². The van der Waals surface area contributed by atoms with Crippen LogP contribution in [0.3, 0.4) is 0 Å². The fourth-order valence-electron chi connectivity index (χ4n) is 2.23. The van der Waals surface area contributed by atoms with E-state index >= 15 is 0 Å². The van der Waals surface area contributed by atoms with Gasteiger partial charge in [-0.2, -0.15) is 10.2 Å². The van der Waals surface area contributed by atoms with Gasteiger partial charge in [-0.1, -0.05) is 0 Å². The van der Waals surface area contributed by atoms with Crippen molar-refractivity contribution in [1.82, 2.24) is 29.9 Å². The minimum atomic E-state index is -0.398. The van der Waals surface area contributed by atoms with E-state index in [0.717, 1.165) is 0 Å². The van der Waals surface area contributed by atoms with E-state index in [0.29, 0.717) is 28.4 Å². The van der Waals surface area contributed by atoms with E-state index < -0.39 is 5.91 Å². The Kier molecular flexibility index (Phi) is 2.90. The Labute approximate surface area is 129 Å². The third kappa shape index (κ3) is 2.24. The smallest absolute Gasteiger partial charge is 0.277 e. The largest absolute Gasteiger partial charge is 0.463 e. The summed E-state index contributed by atoms with van der Waals surface area (Å²) in [6, 6.07) is 5.14. The summed E-state index contributed by atoms with van der Waals surface area (Å²) >= 11 is 0. The molecule has 4 aromatic heterocycles. The molecule has 0 saturated heterocycles. The summed E-state index contributed by atoms with van der Waals surface area (Å²) < 4.78 is 6.81. The maximum Gasteiger partial charge on any atom is 0.277 e. The maximum atomic E-state index is 12.3.